The molecule has 3 aromatic rings. The number of carbonyl (C=O) groups excluding carboxylic acids is 1. The van der Waals surface area contributed by atoms with Crippen LogP contribution in [-0.4, -0.2) is 10.8 Å². The maximum atomic E-state index is 12.9. The van der Waals surface area contributed by atoms with Crippen molar-refractivity contribution in [1.29, 1.82) is 0 Å². The van der Waals surface area contributed by atoms with Gasteiger partial charge in [-0.2, -0.15) is 0 Å². The second kappa shape index (κ2) is 8.84. The van der Waals surface area contributed by atoms with E-state index in [1.165, 1.54) is 5.56 Å². The van der Waals surface area contributed by atoms with Gasteiger partial charge in [0, 0.05) is 19.5 Å². The molecule has 0 saturated carbocycles. The smallest absolute Gasteiger partial charge is 0.223 e. The molecular weight excluding hydrogens is 306 g/mol. The number of hydrogen-bond acceptors (Lipinski definition) is 1. The van der Waals surface area contributed by atoms with Gasteiger partial charge >= 0.3 is 0 Å². The maximum absolute atomic E-state index is 12.9. The van der Waals surface area contributed by atoms with Crippen LogP contribution in [0.25, 0.3) is 0 Å². The Morgan fingerprint density at radius 2 is 1.00 bits per heavy atom. The minimum atomic E-state index is 0.191. The Labute approximate surface area is 149 Å². The number of amides is 1. The number of carbonyl (C=O) groups is 1. The molecule has 3 rings (SSSR count). The average molecular weight is 329 g/mol. The lowest BCUT2D eigenvalue weighted by Crippen LogP contribution is -2.30. The van der Waals surface area contributed by atoms with Crippen LogP contribution < -0.4 is 0 Å². The van der Waals surface area contributed by atoms with E-state index >= 15 is 0 Å². The Kier molecular flexibility index (Phi) is 6.00. The molecule has 1 amide bonds. The molecule has 0 fully saturated rings. The minimum Gasteiger partial charge on any atom is -0.334 e. The molecule has 0 aliphatic rings. The van der Waals surface area contributed by atoms with Crippen LogP contribution in [0.4, 0.5) is 0 Å². The highest BCUT2D eigenvalue weighted by Gasteiger charge is 2.14. The van der Waals surface area contributed by atoms with E-state index in [2.05, 4.69) is 36.4 Å². The second-order valence-corrected chi connectivity index (χ2v) is 6.21. The maximum Gasteiger partial charge on any atom is 0.223 e. The van der Waals surface area contributed by atoms with E-state index in [0.29, 0.717) is 19.5 Å². The molecule has 0 radical (unpaired) electrons. The standard InChI is InChI=1S/C23H23NO/c25-23(17-16-20-10-4-1-5-11-20)24(18-21-12-6-2-7-13-21)19-22-14-8-3-9-15-22/h1-15H,16-19H2. The zero-order valence-corrected chi connectivity index (χ0v) is 14.3. The third-order valence-corrected chi connectivity index (χ3v) is 4.26. The number of nitrogens with zero attached hydrogens (tertiary/aromatic N) is 1. The summed E-state index contributed by atoms with van der Waals surface area (Å²) < 4.78 is 0. The Morgan fingerprint density at radius 1 is 0.600 bits per heavy atom. The summed E-state index contributed by atoms with van der Waals surface area (Å²) >= 11 is 0. The van der Waals surface area contributed by atoms with E-state index in [9.17, 15) is 4.79 Å². The molecule has 2 heteroatoms. The highest BCUT2D eigenvalue weighted by molar-refractivity contribution is 5.76. The van der Waals surface area contributed by atoms with Gasteiger partial charge in [0.25, 0.3) is 0 Å². The van der Waals surface area contributed by atoms with Gasteiger partial charge in [-0.25, -0.2) is 0 Å². The van der Waals surface area contributed by atoms with E-state index in [1.807, 2.05) is 59.5 Å². The van der Waals surface area contributed by atoms with E-state index in [-0.39, 0.29) is 5.91 Å². The van der Waals surface area contributed by atoms with E-state index < -0.39 is 0 Å². The van der Waals surface area contributed by atoms with Crippen molar-refractivity contribution < 1.29 is 4.79 Å². The molecule has 126 valence electrons. The molecule has 0 atom stereocenters. The lowest BCUT2D eigenvalue weighted by molar-refractivity contribution is -0.132. The SMILES string of the molecule is O=C(CCc1ccccc1)N(Cc1ccccc1)Cc1ccccc1. The van der Waals surface area contributed by atoms with Crippen molar-refractivity contribution in [2.75, 3.05) is 0 Å². The number of hydrogen-bond donors (Lipinski definition) is 0. The first-order chi connectivity index (χ1) is 12.3. The normalized spacial score (nSPS) is 10.4. The summed E-state index contributed by atoms with van der Waals surface area (Å²) in [7, 11) is 0. The monoisotopic (exact) mass is 329 g/mol. The zero-order valence-electron chi connectivity index (χ0n) is 14.3. The van der Waals surface area contributed by atoms with Gasteiger partial charge in [0.05, 0.1) is 0 Å². The Morgan fingerprint density at radius 3 is 1.44 bits per heavy atom. The largest absolute Gasteiger partial charge is 0.334 e. The Hall–Kier alpha value is -2.87. The summed E-state index contributed by atoms with van der Waals surface area (Å²) in [5.74, 6) is 0.191. The lowest BCUT2D eigenvalue weighted by Gasteiger charge is -2.23. The van der Waals surface area contributed by atoms with Crippen LogP contribution in [-0.2, 0) is 24.3 Å². The highest BCUT2D eigenvalue weighted by atomic mass is 16.2. The molecular formula is C23H23NO. The van der Waals surface area contributed by atoms with E-state index in [1.54, 1.807) is 0 Å². The molecule has 3 aromatic carbocycles. The lowest BCUT2D eigenvalue weighted by atomic mass is 10.1. The van der Waals surface area contributed by atoms with Gasteiger partial charge in [-0.1, -0.05) is 91.0 Å². The van der Waals surface area contributed by atoms with Gasteiger partial charge in [-0.05, 0) is 23.1 Å². The Bertz CT molecular complexity index is 727. The topological polar surface area (TPSA) is 20.3 Å². The quantitative estimate of drug-likeness (QED) is 0.607. The second-order valence-electron chi connectivity index (χ2n) is 6.21. The van der Waals surface area contributed by atoms with E-state index in [0.717, 1.165) is 17.5 Å². The molecule has 0 spiro atoms. The third-order valence-electron chi connectivity index (χ3n) is 4.26. The predicted octanol–water partition coefficient (Wildman–Crippen LogP) is 4.85. The Balaban J connectivity index is 1.69. The van der Waals surface area contributed by atoms with Crippen LogP contribution >= 0.6 is 0 Å². The minimum absolute atomic E-state index is 0.191. The molecule has 0 aromatic heterocycles. The summed E-state index contributed by atoms with van der Waals surface area (Å²) in [6.45, 7) is 1.28. The summed E-state index contributed by atoms with van der Waals surface area (Å²) in [6.07, 6.45) is 1.31. The van der Waals surface area contributed by atoms with Crippen LogP contribution in [0.2, 0.25) is 0 Å². The third kappa shape index (κ3) is 5.32. The summed E-state index contributed by atoms with van der Waals surface area (Å²) in [6, 6.07) is 30.6. The first kappa shape index (κ1) is 17.0. The average Bonchev–Trinajstić information content (AvgIpc) is 2.68. The zero-order chi connectivity index (χ0) is 17.3. The fraction of sp³-hybridized carbons (Fsp3) is 0.174. The number of rotatable bonds is 7. The van der Waals surface area contributed by atoms with Crippen molar-refractivity contribution in [3.63, 3.8) is 0 Å². The molecule has 25 heavy (non-hydrogen) atoms. The summed E-state index contributed by atoms with van der Waals surface area (Å²) in [5.41, 5.74) is 3.52. The molecule has 0 bridgehead atoms. The van der Waals surface area contributed by atoms with Crippen molar-refractivity contribution in [3.8, 4) is 0 Å². The van der Waals surface area contributed by atoms with Crippen molar-refractivity contribution in [1.82, 2.24) is 4.90 Å². The van der Waals surface area contributed by atoms with Crippen LogP contribution in [0.1, 0.15) is 23.1 Å². The van der Waals surface area contributed by atoms with Gasteiger partial charge in [0.2, 0.25) is 5.91 Å². The van der Waals surface area contributed by atoms with Crippen LogP contribution in [0.3, 0.4) is 0 Å². The molecule has 0 N–H and O–H groups in total. The van der Waals surface area contributed by atoms with Gasteiger partial charge in [-0.15, -0.1) is 0 Å². The predicted molar refractivity (Wildman–Crippen MR) is 102 cm³/mol. The molecule has 0 aliphatic carbocycles. The van der Waals surface area contributed by atoms with Crippen molar-refractivity contribution in [3.05, 3.63) is 108 Å². The fourth-order valence-corrected chi connectivity index (χ4v) is 2.89. The summed E-state index contributed by atoms with van der Waals surface area (Å²) in [5, 5.41) is 0. The summed E-state index contributed by atoms with van der Waals surface area (Å²) in [4.78, 5) is 14.8. The molecule has 0 saturated heterocycles. The van der Waals surface area contributed by atoms with Crippen LogP contribution in [0, 0.1) is 0 Å². The molecule has 0 heterocycles. The van der Waals surface area contributed by atoms with Gasteiger partial charge < -0.3 is 4.90 Å². The van der Waals surface area contributed by atoms with E-state index in [4.69, 9.17) is 0 Å². The first-order valence-electron chi connectivity index (χ1n) is 8.71. The van der Waals surface area contributed by atoms with Crippen molar-refractivity contribution in [2.24, 2.45) is 0 Å². The van der Waals surface area contributed by atoms with Crippen LogP contribution in [0.15, 0.2) is 91.0 Å². The first-order valence-corrected chi connectivity index (χ1v) is 8.71. The van der Waals surface area contributed by atoms with Gasteiger partial charge in [-0.3, -0.25) is 4.79 Å². The fourth-order valence-electron chi connectivity index (χ4n) is 2.89. The number of aryl methyl sites for hydroxylation is 1. The molecule has 0 aliphatic heterocycles. The van der Waals surface area contributed by atoms with Crippen LogP contribution in [0.5, 0.6) is 0 Å². The number of benzene rings is 3. The molecule has 2 nitrogen and oxygen atoms in total. The molecule has 0 unspecified atom stereocenters. The highest BCUT2D eigenvalue weighted by Crippen LogP contribution is 2.13. The van der Waals surface area contributed by atoms with Gasteiger partial charge in [0.1, 0.15) is 0 Å². The van der Waals surface area contributed by atoms with Crippen molar-refractivity contribution >= 4 is 5.91 Å². The van der Waals surface area contributed by atoms with Crippen molar-refractivity contribution in [2.45, 2.75) is 25.9 Å². The van der Waals surface area contributed by atoms with Gasteiger partial charge in [0.15, 0.2) is 0 Å².